The van der Waals surface area contributed by atoms with Crippen LogP contribution in [0, 0.1) is 0 Å². The van der Waals surface area contributed by atoms with Crippen LogP contribution in [0.2, 0.25) is 0 Å². The van der Waals surface area contributed by atoms with Crippen molar-refractivity contribution in [1.82, 2.24) is 5.32 Å². The number of aliphatic hydroxyl groups excluding tert-OH is 1. The number of benzene rings is 2. The smallest absolute Gasteiger partial charge is 0.0898 e. The number of hydrogen-bond donors (Lipinski definition) is 2. The SMILES string of the molecule is CC(NCC(O)COCc1ccccc1)c1ccccc1. The van der Waals surface area contributed by atoms with Crippen molar-refractivity contribution in [2.75, 3.05) is 13.2 Å². The lowest BCUT2D eigenvalue weighted by Gasteiger charge is -2.17. The molecule has 2 unspecified atom stereocenters. The van der Waals surface area contributed by atoms with Crippen molar-refractivity contribution in [3.8, 4) is 0 Å². The van der Waals surface area contributed by atoms with Gasteiger partial charge in [0.2, 0.25) is 0 Å². The van der Waals surface area contributed by atoms with Crippen LogP contribution in [-0.2, 0) is 11.3 Å². The lowest BCUT2D eigenvalue weighted by Crippen LogP contribution is -2.32. The maximum Gasteiger partial charge on any atom is 0.0898 e. The molecule has 2 N–H and O–H groups in total. The fraction of sp³-hybridized carbons (Fsp3) is 0.333. The summed E-state index contributed by atoms with van der Waals surface area (Å²) in [5.74, 6) is 0. The van der Waals surface area contributed by atoms with E-state index in [9.17, 15) is 5.11 Å². The van der Waals surface area contributed by atoms with Gasteiger partial charge in [-0.15, -0.1) is 0 Å². The molecule has 0 aromatic heterocycles. The summed E-state index contributed by atoms with van der Waals surface area (Å²) in [6.07, 6.45) is -0.500. The average molecular weight is 285 g/mol. The first-order valence-corrected chi connectivity index (χ1v) is 7.34. The van der Waals surface area contributed by atoms with Crippen LogP contribution in [0.25, 0.3) is 0 Å². The Bertz CT molecular complexity index is 501. The van der Waals surface area contributed by atoms with E-state index in [4.69, 9.17) is 4.74 Å². The molecule has 0 fully saturated rings. The lowest BCUT2D eigenvalue weighted by molar-refractivity contribution is 0.0278. The van der Waals surface area contributed by atoms with Crippen LogP contribution in [0.1, 0.15) is 24.1 Å². The molecule has 0 heterocycles. The minimum Gasteiger partial charge on any atom is -0.389 e. The molecular formula is C18H23NO2. The summed E-state index contributed by atoms with van der Waals surface area (Å²) in [5.41, 5.74) is 2.34. The highest BCUT2D eigenvalue weighted by Gasteiger charge is 2.08. The summed E-state index contributed by atoms with van der Waals surface area (Å²) in [5, 5.41) is 13.3. The molecule has 0 amide bonds. The van der Waals surface area contributed by atoms with Gasteiger partial charge < -0.3 is 15.2 Å². The molecule has 0 spiro atoms. The lowest BCUT2D eigenvalue weighted by atomic mass is 10.1. The first kappa shape index (κ1) is 15.7. The molecule has 0 aliphatic carbocycles. The molecule has 21 heavy (non-hydrogen) atoms. The second-order valence-electron chi connectivity index (χ2n) is 5.20. The van der Waals surface area contributed by atoms with Crippen molar-refractivity contribution in [3.05, 3.63) is 71.8 Å². The van der Waals surface area contributed by atoms with E-state index in [1.165, 1.54) is 5.56 Å². The Balaban J connectivity index is 1.64. The molecule has 0 bridgehead atoms. The van der Waals surface area contributed by atoms with E-state index in [2.05, 4.69) is 24.4 Å². The summed E-state index contributed by atoms with van der Waals surface area (Å²) >= 11 is 0. The monoisotopic (exact) mass is 285 g/mol. The summed E-state index contributed by atoms with van der Waals surface area (Å²) in [7, 11) is 0. The Morgan fingerprint density at radius 2 is 1.62 bits per heavy atom. The number of ether oxygens (including phenoxy) is 1. The molecule has 2 aromatic rings. The normalized spacial score (nSPS) is 13.8. The molecule has 2 atom stereocenters. The van der Waals surface area contributed by atoms with Gasteiger partial charge in [0.15, 0.2) is 0 Å². The van der Waals surface area contributed by atoms with Crippen LogP contribution in [0.4, 0.5) is 0 Å². The highest BCUT2D eigenvalue weighted by molar-refractivity contribution is 5.18. The number of rotatable bonds is 8. The van der Waals surface area contributed by atoms with Crippen LogP contribution in [0.5, 0.6) is 0 Å². The quantitative estimate of drug-likeness (QED) is 0.783. The van der Waals surface area contributed by atoms with E-state index in [-0.39, 0.29) is 6.04 Å². The van der Waals surface area contributed by atoms with Crippen LogP contribution >= 0.6 is 0 Å². The van der Waals surface area contributed by atoms with Gasteiger partial charge in [0.1, 0.15) is 0 Å². The molecule has 0 radical (unpaired) electrons. The van der Waals surface area contributed by atoms with Gasteiger partial charge in [-0.2, -0.15) is 0 Å². The first-order chi connectivity index (χ1) is 10.3. The van der Waals surface area contributed by atoms with Crippen LogP contribution in [0.3, 0.4) is 0 Å². The molecule has 3 heteroatoms. The van der Waals surface area contributed by atoms with Gasteiger partial charge >= 0.3 is 0 Å². The van der Waals surface area contributed by atoms with Crippen molar-refractivity contribution < 1.29 is 9.84 Å². The fourth-order valence-corrected chi connectivity index (χ4v) is 2.12. The van der Waals surface area contributed by atoms with Crippen LogP contribution in [-0.4, -0.2) is 24.4 Å². The third kappa shape index (κ3) is 5.68. The molecule has 0 aliphatic heterocycles. The van der Waals surface area contributed by atoms with E-state index < -0.39 is 6.10 Å². The Morgan fingerprint density at radius 3 is 2.29 bits per heavy atom. The highest BCUT2D eigenvalue weighted by atomic mass is 16.5. The zero-order valence-electron chi connectivity index (χ0n) is 12.4. The molecule has 0 saturated carbocycles. The number of hydrogen-bond acceptors (Lipinski definition) is 3. The van der Waals surface area contributed by atoms with Crippen molar-refractivity contribution in [2.24, 2.45) is 0 Å². The summed E-state index contributed by atoms with van der Waals surface area (Å²) < 4.78 is 5.53. The van der Waals surface area contributed by atoms with Gasteiger partial charge in [0.05, 0.1) is 19.3 Å². The zero-order valence-corrected chi connectivity index (χ0v) is 12.4. The van der Waals surface area contributed by atoms with E-state index in [0.717, 1.165) is 5.56 Å². The fourth-order valence-electron chi connectivity index (χ4n) is 2.12. The van der Waals surface area contributed by atoms with Crippen molar-refractivity contribution >= 4 is 0 Å². The maximum atomic E-state index is 9.94. The third-order valence-corrected chi connectivity index (χ3v) is 3.38. The molecule has 0 saturated heterocycles. The van der Waals surface area contributed by atoms with Gasteiger partial charge in [-0.05, 0) is 18.1 Å². The van der Waals surface area contributed by atoms with Crippen molar-refractivity contribution in [3.63, 3.8) is 0 Å². The highest BCUT2D eigenvalue weighted by Crippen LogP contribution is 2.10. The molecule has 2 rings (SSSR count). The second kappa shape index (κ2) is 8.57. The predicted octanol–water partition coefficient (Wildman–Crippen LogP) is 2.91. The summed E-state index contributed by atoms with van der Waals surface area (Å²) in [6.45, 7) is 3.48. The minimum absolute atomic E-state index is 0.218. The number of aliphatic hydroxyl groups is 1. The molecule has 2 aromatic carbocycles. The van der Waals surface area contributed by atoms with Gasteiger partial charge in [-0.1, -0.05) is 60.7 Å². The maximum absolute atomic E-state index is 9.94. The zero-order chi connectivity index (χ0) is 14.9. The van der Waals surface area contributed by atoms with Crippen molar-refractivity contribution in [1.29, 1.82) is 0 Å². The summed E-state index contributed by atoms with van der Waals surface area (Å²) in [6, 6.07) is 20.4. The molecule has 112 valence electrons. The van der Waals surface area contributed by atoms with E-state index in [0.29, 0.717) is 19.8 Å². The van der Waals surface area contributed by atoms with Crippen LogP contribution < -0.4 is 5.32 Å². The number of nitrogens with one attached hydrogen (secondary N) is 1. The van der Waals surface area contributed by atoms with Crippen molar-refractivity contribution in [2.45, 2.75) is 25.7 Å². The topological polar surface area (TPSA) is 41.5 Å². The van der Waals surface area contributed by atoms with E-state index in [1.807, 2.05) is 48.5 Å². The molecule has 3 nitrogen and oxygen atoms in total. The van der Waals surface area contributed by atoms with Gasteiger partial charge in [0.25, 0.3) is 0 Å². The Morgan fingerprint density at radius 1 is 1.00 bits per heavy atom. The molecule has 0 aliphatic rings. The largest absolute Gasteiger partial charge is 0.389 e. The van der Waals surface area contributed by atoms with Gasteiger partial charge in [-0.3, -0.25) is 0 Å². The van der Waals surface area contributed by atoms with Gasteiger partial charge in [-0.25, -0.2) is 0 Å². The summed E-state index contributed by atoms with van der Waals surface area (Å²) in [4.78, 5) is 0. The van der Waals surface area contributed by atoms with E-state index >= 15 is 0 Å². The Kier molecular flexibility index (Phi) is 6.41. The third-order valence-electron chi connectivity index (χ3n) is 3.38. The standard InChI is InChI=1S/C18H23NO2/c1-15(17-10-6-3-7-11-17)19-12-18(20)14-21-13-16-8-4-2-5-9-16/h2-11,15,18-20H,12-14H2,1H3. The molecular weight excluding hydrogens is 262 g/mol. The first-order valence-electron chi connectivity index (χ1n) is 7.34. The Labute approximate surface area is 126 Å². The minimum atomic E-state index is -0.500. The van der Waals surface area contributed by atoms with E-state index in [1.54, 1.807) is 0 Å². The average Bonchev–Trinajstić information content (AvgIpc) is 2.54. The van der Waals surface area contributed by atoms with Crippen LogP contribution in [0.15, 0.2) is 60.7 Å². The second-order valence-corrected chi connectivity index (χ2v) is 5.20. The Hall–Kier alpha value is -1.68. The van der Waals surface area contributed by atoms with Gasteiger partial charge in [0, 0.05) is 12.6 Å². The predicted molar refractivity (Wildman–Crippen MR) is 85.0 cm³/mol.